The van der Waals surface area contributed by atoms with Gasteiger partial charge in [0.25, 0.3) is 0 Å². The molecule has 0 aliphatic heterocycles. The second-order valence-electron chi connectivity index (χ2n) is 2.03. The lowest BCUT2D eigenvalue weighted by Crippen LogP contribution is -2.11. The zero-order valence-electron chi connectivity index (χ0n) is 7.75. The van der Waals surface area contributed by atoms with Crippen molar-refractivity contribution >= 4 is 5.97 Å². The van der Waals surface area contributed by atoms with Crippen molar-refractivity contribution < 1.29 is 19.0 Å². The Kier molecular flexibility index (Phi) is 6.41. The lowest BCUT2D eigenvalue weighted by molar-refractivity contribution is -0.142. The third-order valence-corrected chi connectivity index (χ3v) is 1.10. The quantitative estimate of drug-likeness (QED) is 0.260. The van der Waals surface area contributed by atoms with Gasteiger partial charge in [0.1, 0.15) is 13.2 Å². The van der Waals surface area contributed by atoms with E-state index in [0.29, 0.717) is 13.2 Å². The Hall–Kier alpha value is -1.45. The van der Waals surface area contributed by atoms with Crippen LogP contribution in [-0.4, -0.2) is 25.8 Å². The second-order valence-corrected chi connectivity index (χ2v) is 2.03. The van der Waals surface area contributed by atoms with Crippen LogP contribution < -0.4 is 0 Å². The summed E-state index contributed by atoms with van der Waals surface area (Å²) in [6, 6.07) is 0. The van der Waals surface area contributed by atoms with Crippen molar-refractivity contribution in [3.63, 3.8) is 0 Å². The van der Waals surface area contributed by atoms with Crippen molar-refractivity contribution in [1.29, 1.82) is 0 Å². The predicted octanol–water partition coefficient (Wildman–Crippen LogP) is 1.24. The summed E-state index contributed by atoms with van der Waals surface area (Å²) in [5.74, 6) is -0.546. The molecule has 0 aromatic carbocycles. The van der Waals surface area contributed by atoms with Crippen LogP contribution in [0.5, 0.6) is 0 Å². The fourth-order valence-electron chi connectivity index (χ4n) is 0.567. The molecular weight excluding hydrogens is 172 g/mol. The monoisotopic (exact) mass is 186 g/mol. The summed E-state index contributed by atoms with van der Waals surface area (Å²) in [7, 11) is 0. The summed E-state index contributed by atoms with van der Waals surface area (Å²) >= 11 is 0. The van der Waals surface area contributed by atoms with Gasteiger partial charge in [-0.1, -0.05) is 6.58 Å². The molecule has 13 heavy (non-hydrogen) atoms. The van der Waals surface area contributed by atoms with E-state index in [2.05, 4.69) is 17.9 Å². The van der Waals surface area contributed by atoms with Gasteiger partial charge < -0.3 is 14.2 Å². The van der Waals surface area contributed by atoms with Crippen LogP contribution in [-0.2, 0) is 19.0 Å². The molecule has 0 spiro atoms. The zero-order valence-corrected chi connectivity index (χ0v) is 7.75. The van der Waals surface area contributed by atoms with Gasteiger partial charge >= 0.3 is 5.97 Å². The molecule has 0 aromatic heterocycles. The highest BCUT2D eigenvalue weighted by molar-refractivity contribution is 5.85. The van der Waals surface area contributed by atoms with Crippen LogP contribution in [0.4, 0.5) is 0 Å². The van der Waals surface area contributed by atoms with E-state index in [9.17, 15) is 4.79 Å². The Morgan fingerprint density at radius 1 is 1.38 bits per heavy atom. The van der Waals surface area contributed by atoms with Gasteiger partial charge in [0.05, 0.1) is 12.9 Å². The Balaban J connectivity index is 3.50. The average molecular weight is 186 g/mol. The Morgan fingerprint density at radius 2 is 2.08 bits per heavy atom. The molecule has 4 nitrogen and oxygen atoms in total. The molecule has 0 aromatic rings. The van der Waals surface area contributed by atoms with Gasteiger partial charge in [0, 0.05) is 0 Å². The van der Waals surface area contributed by atoms with E-state index in [0.717, 1.165) is 0 Å². The molecule has 0 aliphatic rings. The molecule has 0 saturated heterocycles. The third-order valence-electron chi connectivity index (χ3n) is 1.10. The first-order valence-electron chi connectivity index (χ1n) is 3.93. The largest absolute Gasteiger partial charge is 0.498 e. The molecule has 0 saturated carbocycles. The first-order chi connectivity index (χ1) is 6.22. The van der Waals surface area contributed by atoms with Crippen molar-refractivity contribution in [2.45, 2.75) is 6.92 Å². The summed E-state index contributed by atoms with van der Waals surface area (Å²) in [5.41, 5.74) is 0. The smallest absolute Gasteiger partial charge is 0.372 e. The minimum absolute atomic E-state index is 0.00508. The van der Waals surface area contributed by atoms with Gasteiger partial charge in [-0.05, 0) is 13.5 Å². The van der Waals surface area contributed by atoms with Crippen molar-refractivity contribution in [2.75, 3.05) is 19.8 Å². The van der Waals surface area contributed by atoms with Crippen molar-refractivity contribution in [3.05, 3.63) is 25.2 Å². The number of carbonyl (C=O) groups excluding carboxylic acids is 1. The van der Waals surface area contributed by atoms with Crippen molar-refractivity contribution in [3.8, 4) is 0 Å². The minimum Gasteiger partial charge on any atom is -0.498 e. The highest BCUT2D eigenvalue weighted by Crippen LogP contribution is 1.96. The lowest BCUT2D eigenvalue weighted by Gasteiger charge is -2.07. The molecule has 0 atom stereocenters. The summed E-state index contributed by atoms with van der Waals surface area (Å²) < 4.78 is 14.3. The third kappa shape index (κ3) is 5.78. The number of hydrogen-bond donors (Lipinski definition) is 0. The fourth-order valence-corrected chi connectivity index (χ4v) is 0.567. The van der Waals surface area contributed by atoms with E-state index in [1.165, 1.54) is 6.26 Å². The SMILES string of the molecule is C=COCCOC(=C)C(=O)OCC. The zero-order chi connectivity index (χ0) is 10.1. The van der Waals surface area contributed by atoms with Crippen LogP contribution in [0.15, 0.2) is 25.2 Å². The molecule has 0 unspecified atom stereocenters. The van der Waals surface area contributed by atoms with Crippen molar-refractivity contribution in [2.24, 2.45) is 0 Å². The van der Waals surface area contributed by atoms with Crippen LogP contribution in [0.3, 0.4) is 0 Å². The van der Waals surface area contributed by atoms with E-state index < -0.39 is 5.97 Å². The fraction of sp³-hybridized carbons (Fsp3) is 0.444. The maximum absolute atomic E-state index is 10.9. The van der Waals surface area contributed by atoms with Gasteiger partial charge in [-0.3, -0.25) is 0 Å². The maximum atomic E-state index is 10.9. The minimum atomic E-state index is -0.541. The Labute approximate surface area is 77.8 Å². The van der Waals surface area contributed by atoms with E-state index >= 15 is 0 Å². The number of hydrogen-bond acceptors (Lipinski definition) is 4. The molecule has 0 heterocycles. The van der Waals surface area contributed by atoms with Crippen molar-refractivity contribution in [1.82, 2.24) is 0 Å². The molecule has 0 radical (unpaired) electrons. The van der Waals surface area contributed by atoms with Gasteiger partial charge in [0.15, 0.2) is 5.76 Å². The van der Waals surface area contributed by atoms with Crippen LogP contribution >= 0.6 is 0 Å². The molecule has 74 valence electrons. The van der Waals surface area contributed by atoms with E-state index in [1.54, 1.807) is 6.92 Å². The number of esters is 1. The van der Waals surface area contributed by atoms with E-state index in [4.69, 9.17) is 9.47 Å². The summed E-state index contributed by atoms with van der Waals surface area (Å²) in [6.07, 6.45) is 1.30. The van der Waals surface area contributed by atoms with Gasteiger partial charge in [-0.25, -0.2) is 4.79 Å². The second kappa shape index (κ2) is 7.21. The number of ether oxygens (including phenoxy) is 3. The highest BCUT2D eigenvalue weighted by Gasteiger charge is 2.07. The summed E-state index contributed by atoms with van der Waals surface area (Å²) in [4.78, 5) is 10.9. The topological polar surface area (TPSA) is 44.8 Å². The Bertz CT molecular complexity index is 186. The molecule has 0 amide bonds. The molecule has 4 heteroatoms. The molecular formula is C9H14O4. The average Bonchev–Trinajstić information content (AvgIpc) is 2.12. The lowest BCUT2D eigenvalue weighted by atomic mass is 10.5. The van der Waals surface area contributed by atoms with Crippen LogP contribution in [0.25, 0.3) is 0 Å². The summed E-state index contributed by atoms with van der Waals surface area (Å²) in [5, 5.41) is 0. The van der Waals surface area contributed by atoms with E-state index in [-0.39, 0.29) is 12.4 Å². The van der Waals surface area contributed by atoms with Crippen LogP contribution in [0.2, 0.25) is 0 Å². The number of carbonyl (C=O) groups is 1. The van der Waals surface area contributed by atoms with Gasteiger partial charge in [-0.15, -0.1) is 0 Å². The van der Waals surface area contributed by atoms with E-state index in [1.807, 2.05) is 0 Å². The molecule has 0 fully saturated rings. The Morgan fingerprint density at radius 3 is 2.62 bits per heavy atom. The first kappa shape index (κ1) is 11.6. The standard InChI is InChI=1S/C9H14O4/c1-4-11-6-7-13-8(3)9(10)12-5-2/h4H,1,3,5-7H2,2H3. The normalized spacial score (nSPS) is 8.69. The highest BCUT2D eigenvalue weighted by atomic mass is 16.6. The molecule has 0 bridgehead atoms. The maximum Gasteiger partial charge on any atom is 0.372 e. The van der Waals surface area contributed by atoms with Crippen LogP contribution in [0, 0.1) is 0 Å². The number of rotatable bonds is 7. The summed E-state index contributed by atoms with van der Waals surface area (Å²) in [6.45, 7) is 9.36. The van der Waals surface area contributed by atoms with Crippen LogP contribution in [0.1, 0.15) is 6.92 Å². The first-order valence-corrected chi connectivity index (χ1v) is 3.93. The predicted molar refractivity (Wildman–Crippen MR) is 47.9 cm³/mol. The van der Waals surface area contributed by atoms with Gasteiger partial charge in [-0.2, -0.15) is 0 Å². The van der Waals surface area contributed by atoms with Gasteiger partial charge in [0.2, 0.25) is 0 Å². The molecule has 0 rings (SSSR count). The molecule has 0 N–H and O–H groups in total. The molecule has 0 aliphatic carbocycles.